The molecule has 1 aromatic heterocycles. The van der Waals surface area contributed by atoms with Crippen LogP contribution in [0.3, 0.4) is 0 Å². The van der Waals surface area contributed by atoms with Gasteiger partial charge in [0, 0.05) is 6.20 Å². The zero-order chi connectivity index (χ0) is 8.27. The molecule has 0 atom stereocenters. The molecule has 0 unspecified atom stereocenters. The second-order valence-corrected chi connectivity index (χ2v) is 2.35. The van der Waals surface area contributed by atoms with E-state index in [2.05, 4.69) is 4.98 Å². The summed E-state index contributed by atoms with van der Waals surface area (Å²) in [5.41, 5.74) is 5.95. The third kappa shape index (κ3) is 1.74. The van der Waals surface area contributed by atoms with Crippen molar-refractivity contribution >= 4 is 17.3 Å². The number of nitrogen functional groups attached to an aromatic ring is 1. The Morgan fingerprint density at radius 3 is 3.09 bits per heavy atom. The molecular formula is C7H9ClN2O. The first-order valence-electron chi connectivity index (χ1n) is 3.28. The summed E-state index contributed by atoms with van der Waals surface area (Å²) in [5, 5.41) is 0.475. The van der Waals surface area contributed by atoms with E-state index in [0.717, 1.165) is 0 Å². The van der Waals surface area contributed by atoms with Gasteiger partial charge < -0.3 is 10.5 Å². The number of ether oxygens (including phenoxy) is 1. The van der Waals surface area contributed by atoms with Crippen molar-refractivity contribution in [2.45, 2.75) is 6.92 Å². The molecule has 0 aliphatic heterocycles. The summed E-state index contributed by atoms with van der Waals surface area (Å²) in [6.07, 6.45) is 1.56. The SMILES string of the molecule is CCOc1nccc(Cl)c1N. The normalized spacial score (nSPS) is 9.64. The number of rotatable bonds is 2. The van der Waals surface area contributed by atoms with Crippen LogP contribution in [0, 0.1) is 0 Å². The minimum Gasteiger partial charge on any atom is -0.476 e. The minimum atomic E-state index is 0.399. The summed E-state index contributed by atoms with van der Waals surface area (Å²) in [7, 11) is 0. The average Bonchev–Trinajstić information content (AvgIpc) is 1.99. The number of pyridine rings is 1. The van der Waals surface area contributed by atoms with Crippen molar-refractivity contribution < 1.29 is 4.74 Å². The van der Waals surface area contributed by atoms with Crippen LogP contribution in [-0.4, -0.2) is 11.6 Å². The number of nitrogens with two attached hydrogens (primary N) is 1. The van der Waals surface area contributed by atoms with Crippen molar-refractivity contribution in [2.24, 2.45) is 0 Å². The molecule has 0 aliphatic rings. The average molecular weight is 173 g/mol. The Labute approximate surface area is 70.1 Å². The Hall–Kier alpha value is -0.960. The van der Waals surface area contributed by atoms with Gasteiger partial charge in [0.25, 0.3) is 0 Å². The molecule has 1 rings (SSSR count). The van der Waals surface area contributed by atoms with Gasteiger partial charge in [-0.05, 0) is 13.0 Å². The van der Waals surface area contributed by atoms with E-state index >= 15 is 0 Å². The van der Waals surface area contributed by atoms with Crippen LogP contribution in [0.25, 0.3) is 0 Å². The fourth-order valence-corrected chi connectivity index (χ4v) is 0.821. The number of nitrogens with zero attached hydrogens (tertiary/aromatic N) is 1. The third-order valence-electron chi connectivity index (χ3n) is 1.18. The zero-order valence-electron chi connectivity index (χ0n) is 6.17. The lowest BCUT2D eigenvalue weighted by atomic mass is 10.4. The van der Waals surface area contributed by atoms with Gasteiger partial charge in [0.15, 0.2) is 0 Å². The standard InChI is InChI=1S/C7H9ClN2O/c1-2-11-7-6(9)5(8)3-4-10-7/h3-4H,2,9H2,1H3. The highest BCUT2D eigenvalue weighted by Gasteiger charge is 2.03. The fourth-order valence-electron chi connectivity index (χ4n) is 0.684. The number of hydrogen-bond acceptors (Lipinski definition) is 3. The van der Waals surface area contributed by atoms with Crippen LogP contribution in [0.5, 0.6) is 5.88 Å². The van der Waals surface area contributed by atoms with Crippen molar-refractivity contribution in [2.75, 3.05) is 12.3 Å². The first-order chi connectivity index (χ1) is 5.25. The molecule has 4 heteroatoms. The Kier molecular flexibility index (Phi) is 2.54. The minimum absolute atomic E-state index is 0.399. The molecule has 2 N–H and O–H groups in total. The molecule has 1 heterocycles. The maximum absolute atomic E-state index is 5.70. The van der Waals surface area contributed by atoms with Gasteiger partial charge in [-0.15, -0.1) is 0 Å². The quantitative estimate of drug-likeness (QED) is 0.739. The topological polar surface area (TPSA) is 48.1 Å². The van der Waals surface area contributed by atoms with Crippen LogP contribution in [0.2, 0.25) is 5.02 Å². The fraction of sp³-hybridized carbons (Fsp3) is 0.286. The number of aromatic nitrogens is 1. The highest BCUT2D eigenvalue weighted by Crippen LogP contribution is 2.25. The van der Waals surface area contributed by atoms with E-state index in [4.69, 9.17) is 22.1 Å². The lowest BCUT2D eigenvalue weighted by molar-refractivity contribution is 0.329. The van der Waals surface area contributed by atoms with E-state index in [-0.39, 0.29) is 0 Å². The lowest BCUT2D eigenvalue weighted by Gasteiger charge is -2.04. The van der Waals surface area contributed by atoms with Gasteiger partial charge in [0.05, 0.1) is 11.6 Å². The van der Waals surface area contributed by atoms with E-state index in [9.17, 15) is 0 Å². The van der Waals surface area contributed by atoms with Crippen LogP contribution in [0.4, 0.5) is 5.69 Å². The van der Waals surface area contributed by atoms with Gasteiger partial charge in [-0.25, -0.2) is 4.98 Å². The molecule has 0 spiro atoms. The predicted octanol–water partition coefficient (Wildman–Crippen LogP) is 1.72. The molecule has 0 amide bonds. The monoisotopic (exact) mass is 172 g/mol. The molecular weight excluding hydrogens is 164 g/mol. The molecule has 3 nitrogen and oxygen atoms in total. The highest BCUT2D eigenvalue weighted by atomic mass is 35.5. The van der Waals surface area contributed by atoms with E-state index in [1.165, 1.54) is 0 Å². The molecule has 0 radical (unpaired) electrons. The summed E-state index contributed by atoms with van der Waals surface area (Å²) in [6.45, 7) is 2.40. The van der Waals surface area contributed by atoms with Crippen molar-refractivity contribution in [3.63, 3.8) is 0 Å². The molecule has 0 bridgehead atoms. The Morgan fingerprint density at radius 2 is 2.45 bits per heavy atom. The summed E-state index contributed by atoms with van der Waals surface area (Å²) < 4.78 is 5.10. The van der Waals surface area contributed by atoms with Gasteiger partial charge in [-0.3, -0.25) is 0 Å². The number of halogens is 1. The zero-order valence-corrected chi connectivity index (χ0v) is 6.93. The van der Waals surface area contributed by atoms with Gasteiger partial charge in [0.1, 0.15) is 5.69 Å². The van der Waals surface area contributed by atoms with Crippen molar-refractivity contribution in [3.05, 3.63) is 17.3 Å². The summed E-state index contributed by atoms with van der Waals surface area (Å²) in [4.78, 5) is 3.90. The van der Waals surface area contributed by atoms with Crippen LogP contribution < -0.4 is 10.5 Å². The lowest BCUT2D eigenvalue weighted by Crippen LogP contribution is -1.99. The maximum Gasteiger partial charge on any atom is 0.238 e. The van der Waals surface area contributed by atoms with Crippen LogP contribution in [0.15, 0.2) is 12.3 Å². The molecule has 60 valence electrons. The largest absolute Gasteiger partial charge is 0.476 e. The molecule has 0 saturated heterocycles. The second-order valence-electron chi connectivity index (χ2n) is 1.94. The van der Waals surface area contributed by atoms with E-state index in [1.54, 1.807) is 12.3 Å². The van der Waals surface area contributed by atoms with Gasteiger partial charge >= 0.3 is 0 Å². The predicted molar refractivity (Wildman–Crippen MR) is 44.8 cm³/mol. The maximum atomic E-state index is 5.70. The van der Waals surface area contributed by atoms with E-state index in [0.29, 0.717) is 23.2 Å². The highest BCUT2D eigenvalue weighted by molar-refractivity contribution is 6.33. The first kappa shape index (κ1) is 8.14. The third-order valence-corrected chi connectivity index (χ3v) is 1.51. The number of hydrogen-bond donors (Lipinski definition) is 1. The van der Waals surface area contributed by atoms with Crippen LogP contribution >= 0.6 is 11.6 Å². The Bertz CT molecular complexity index is 252. The van der Waals surface area contributed by atoms with Gasteiger partial charge in [0.2, 0.25) is 5.88 Å². The van der Waals surface area contributed by atoms with Crippen molar-refractivity contribution in [1.82, 2.24) is 4.98 Å². The molecule has 11 heavy (non-hydrogen) atoms. The summed E-state index contributed by atoms with van der Waals surface area (Å²) >= 11 is 5.70. The molecule has 0 saturated carbocycles. The summed E-state index contributed by atoms with van der Waals surface area (Å²) in [6, 6.07) is 1.62. The molecule has 1 aromatic rings. The first-order valence-corrected chi connectivity index (χ1v) is 3.66. The molecule has 0 aromatic carbocycles. The van der Waals surface area contributed by atoms with Crippen LogP contribution in [-0.2, 0) is 0 Å². The number of anilines is 1. The van der Waals surface area contributed by atoms with Crippen LogP contribution in [0.1, 0.15) is 6.92 Å². The van der Waals surface area contributed by atoms with Gasteiger partial charge in [-0.2, -0.15) is 0 Å². The summed E-state index contributed by atoms with van der Waals surface area (Å²) in [5.74, 6) is 0.403. The molecule has 0 fully saturated rings. The molecule has 0 aliphatic carbocycles. The Balaban J connectivity index is 2.96. The Morgan fingerprint density at radius 1 is 1.73 bits per heavy atom. The van der Waals surface area contributed by atoms with Crippen molar-refractivity contribution in [3.8, 4) is 5.88 Å². The van der Waals surface area contributed by atoms with Gasteiger partial charge in [-0.1, -0.05) is 11.6 Å². The smallest absolute Gasteiger partial charge is 0.238 e. The van der Waals surface area contributed by atoms with Crippen molar-refractivity contribution in [1.29, 1.82) is 0 Å². The second kappa shape index (κ2) is 3.44. The van der Waals surface area contributed by atoms with E-state index in [1.807, 2.05) is 6.92 Å². The van der Waals surface area contributed by atoms with E-state index < -0.39 is 0 Å².